The van der Waals surface area contributed by atoms with Crippen LogP contribution in [0.15, 0.2) is 12.4 Å². The summed E-state index contributed by atoms with van der Waals surface area (Å²) in [6, 6.07) is 0.339. The van der Waals surface area contributed by atoms with E-state index in [0.717, 1.165) is 25.4 Å². The molecule has 19 heavy (non-hydrogen) atoms. The second kappa shape index (κ2) is 5.85. The highest BCUT2D eigenvalue weighted by Gasteiger charge is 2.43. The number of ether oxygens (including phenoxy) is 1. The Morgan fingerprint density at radius 1 is 1.68 bits per heavy atom. The van der Waals surface area contributed by atoms with Crippen LogP contribution in [0.25, 0.3) is 0 Å². The zero-order valence-electron chi connectivity index (χ0n) is 11.5. The van der Waals surface area contributed by atoms with Gasteiger partial charge in [0.2, 0.25) is 0 Å². The van der Waals surface area contributed by atoms with Crippen molar-refractivity contribution in [3.05, 3.63) is 18.2 Å². The maximum atomic E-state index is 6.12. The van der Waals surface area contributed by atoms with Crippen molar-refractivity contribution in [2.75, 3.05) is 24.7 Å². The lowest BCUT2D eigenvalue weighted by molar-refractivity contribution is -0.0857. The largest absolute Gasteiger partial charge is 0.374 e. The molecule has 1 aromatic rings. The molecule has 3 rings (SSSR count). The van der Waals surface area contributed by atoms with Gasteiger partial charge in [0.05, 0.1) is 11.6 Å². The maximum absolute atomic E-state index is 6.12. The second-order valence-corrected chi connectivity index (χ2v) is 6.70. The van der Waals surface area contributed by atoms with Crippen LogP contribution in [0.1, 0.15) is 38.1 Å². The fourth-order valence-electron chi connectivity index (χ4n) is 3.37. The number of aromatic amines is 1. The molecule has 0 amide bonds. The standard InChI is InChI=1S/C14H23N3OS/c1-2-15-12(13-16-5-6-17-13)11-3-7-18-14(9-11)4-8-19-10-14/h5-6,11-12,15H,2-4,7-10H2,1H3,(H,16,17). The van der Waals surface area contributed by atoms with Crippen molar-refractivity contribution in [3.63, 3.8) is 0 Å². The predicted octanol–water partition coefficient (Wildman–Crippen LogP) is 2.36. The number of aromatic nitrogens is 2. The lowest BCUT2D eigenvalue weighted by Gasteiger charge is -2.40. The van der Waals surface area contributed by atoms with Crippen molar-refractivity contribution in [2.45, 2.75) is 37.8 Å². The maximum Gasteiger partial charge on any atom is 0.123 e. The first kappa shape index (κ1) is 13.5. The summed E-state index contributed by atoms with van der Waals surface area (Å²) in [5.41, 5.74) is 0.147. The fourth-order valence-corrected chi connectivity index (χ4v) is 4.75. The number of imidazole rings is 1. The summed E-state index contributed by atoms with van der Waals surface area (Å²) < 4.78 is 6.12. The van der Waals surface area contributed by atoms with Crippen molar-refractivity contribution in [1.29, 1.82) is 0 Å². The average Bonchev–Trinajstić information content (AvgIpc) is 3.08. The van der Waals surface area contributed by atoms with Crippen molar-refractivity contribution in [1.82, 2.24) is 15.3 Å². The fraction of sp³-hybridized carbons (Fsp3) is 0.786. The minimum atomic E-state index is 0.147. The summed E-state index contributed by atoms with van der Waals surface area (Å²) in [5, 5.41) is 3.60. The van der Waals surface area contributed by atoms with E-state index in [0.29, 0.717) is 12.0 Å². The van der Waals surface area contributed by atoms with Crippen LogP contribution >= 0.6 is 11.8 Å². The number of thioether (sulfide) groups is 1. The third-order valence-electron chi connectivity index (χ3n) is 4.31. The predicted molar refractivity (Wildman–Crippen MR) is 78.4 cm³/mol. The van der Waals surface area contributed by atoms with Crippen LogP contribution in [0.4, 0.5) is 0 Å². The Balaban J connectivity index is 1.74. The van der Waals surface area contributed by atoms with Gasteiger partial charge in [0.1, 0.15) is 5.82 Å². The number of H-pyrrole nitrogens is 1. The summed E-state index contributed by atoms with van der Waals surface area (Å²) in [6.45, 7) is 4.04. The molecular formula is C14H23N3OS. The van der Waals surface area contributed by atoms with Crippen LogP contribution in [0.3, 0.4) is 0 Å². The first-order valence-corrected chi connectivity index (χ1v) is 8.43. The molecule has 0 aliphatic carbocycles. The minimum absolute atomic E-state index is 0.147. The zero-order chi connectivity index (χ0) is 13.1. The van der Waals surface area contributed by atoms with E-state index in [1.165, 1.54) is 24.3 Å². The van der Waals surface area contributed by atoms with Gasteiger partial charge >= 0.3 is 0 Å². The van der Waals surface area contributed by atoms with Crippen molar-refractivity contribution in [3.8, 4) is 0 Å². The van der Waals surface area contributed by atoms with E-state index in [2.05, 4.69) is 22.2 Å². The summed E-state index contributed by atoms with van der Waals surface area (Å²) in [7, 11) is 0. The van der Waals surface area contributed by atoms with Crippen LogP contribution in [-0.4, -0.2) is 40.2 Å². The Bertz CT molecular complexity index is 389. The molecule has 2 aliphatic heterocycles. The normalized spacial score (nSPS) is 32.8. The molecular weight excluding hydrogens is 258 g/mol. The van der Waals surface area contributed by atoms with Gasteiger partial charge in [0, 0.05) is 24.8 Å². The van der Waals surface area contributed by atoms with Crippen LogP contribution in [0.2, 0.25) is 0 Å². The molecule has 0 aromatic carbocycles. The Morgan fingerprint density at radius 2 is 2.63 bits per heavy atom. The van der Waals surface area contributed by atoms with Gasteiger partial charge in [-0.25, -0.2) is 4.98 Å². The van der Waals surface area contributed by atoms with Gasteiger partial charge < -0.3 is 15.0 Å². The Hall–Kier alpha value is -0.520. The summed E-state index contributed by atoms with van der Waals surface area (Å²) in [6.07, 6.45) is 7.27. The van der Waals surface area contributed by atoms with E-state index < -0.39 is 0 Å². The number of nitrogens with zero attached hydrogens (tertiary/aromatic N) is 1. The zero-order valence-corrected chi connectivity index (χ0v) is 12.3. The van der Waals surface area contributed by atoms with Crippen molar-refractivity contribution < 1.29 is 4.74 Å². The summed E-state index contributed by atoms with van der Waals surface area (Å²) in [5.74, 6) is 4.12. The van der Waals surface area contributed by atoms with E-state index in [9.17, 15) is 0 Å². The van der Waals surface area contributed by atoms with Gasteiger partial charge in [0.25, 0.3) is 0 Å². The minimum Gasteiger partial charge on any atom is -0.374 e. The Labute approximate surface area is 119 Å². The van der Waals surface area contributed by atoms with Gasteiger partial charge in [-0.2, -0.15) is 11.8 Å². The van der Waals surface area contributed by atoms with Crippen LogP contribution in [0.5, 0.6) is 0 Å². The van der Waals surface area contributed by atoms with Crippen LogP contribution < -0.4 is 5.32 Å². The van der Waals surface area contributed by atoms with E-state index in [-0.39, 0.29) is 5.60 Å². The van der Waals surface area contributed by atoms with Gasteiger partial charge in [-0.1, -0.05) is 6.92 Å². The number of hydrogen-bond donors (Lipinski definition) is 2. The number of nitrogens with one attached hydrogen (secondary N) is 2. The van der Waals surface area contributed by atoms with E-state index in [4.69, 9.17) is 4.74 Å². The highest BCUT2D eigenvalue weighted by Crippen LogP contribution is 2.43. The molecule has 3 heterocycles. The van der Waals surface area contributed by atoms with Crippen LogP contribution in [0, 0.1) is 5.92 Å². The highest BCUT2D eigenvalue weighted by molar-refractivity contribution is 7.99. The van der Waals surface area contributed by atoms with E-state index in [1.807, 2.05) is 24.2 Å². The van der Waals surface area contributed by atoms with Gasteiger partial charge in [-0.05, 0) is 37.5 Å². The van der Waals surface area contributed by atoms with Crippen molar-refractivity contribution in [2.24, 2.45) is 5.92 Å². The van der Waals surface area contributed by atoms with E-state index in [1.54, 1.807) is 0 Å². The average molecular weight is 281 g/mol. The monoisotopic (exact) mass is 281 g/mol. The third kappa shape index (κ3) is 2.83. The third-order valence-corrected chi connectivity index (χ3v) is 5.53. The topological polar surface area (TPSA) is 49.9 Å². The van der Waals surface area contributed by atoms with Gasteiger partial charge in [-0.15, -0.1) is 0 Å². The summed E-state index contributed by atoms with van der Waals surface area (Å²) >= 11 is 2.04. The molecule has 5 heteroatoms. The molecule has 3 atom stereocenters. The molecule has 0 bridgehead atoms. The second-order valence-electron chi connectivity index (χ2n) is 5.60. The van der Waals surface area contributed by atoms with E-state index >= 15 is 0 Å². The SMILES string of the molecule is CCNC(c1ncc[nH]1)C1CCOC2(CCSC2)C1. The molecule has 1 spiro atoms. The molecule has 3 unspecified atom stereocenters. The number of rotatable bonds is 4. The quantitative estimate of drug-likeness (QED) is 0.889. The Morgan fingerprint density at radius 3 is 3.32 bits per heavy atom. The highest BCUT2D eigenvalue weighted by atomic mass is 32.2. The van der Waals surface area contributed by atoms with Gasteiger partial charge in [-0.3, -0.25) is 0 Å². The Kier molecular flexibility index (Phi) is 4.15. The molecule has 2 fully saturated rings. The first-order chi connectivity index (χ1) is 9.33. The van der Waals surface area contributed by atoms with Crippen molar-refractivity contribution >= 4 is 11.8 Å². The molecule has 106 valence electrons. The van der Waals surface area contributed by atoms with Gasteiger partial charge in [0.15, 0.2) is 0 Å². The lowest BCUT2D eigenvalue weighted by atomic mass is 9.81. The van der Waals surface area contributed by atoms with Crippen LogP contribution in [-0.2, 0) is 4.74 Å². The smallest absolute Gasteiger partial charge is 0.123 e. The molecule has 2 aliphatic rings. The molecule has 1 aromatic heterocycles. The molecule has 0 radical (unpaired) electrons. The summed E-state index contributed by atoms with van der Waals surface area (Å²) in [4.78, 5) is 7.74. The molecule has 0 saturated carbocycles. The molecule has 2 N–H and O–H groups in total. The number of hydrogen-bond acceptors (Lipinski definition) is 4. The molecule has 4 nitrogen and oxygen atoms in total. The molecule has 2 saturated heterocycles. The lowest BCUT2D eigenvalue weighted by Crippen LogP contribution is -2.44. The first-order valence-electron chi connectivity index (χ1n) is 7.27.